The van der Waals surface area contributed by atoms with Gasteiger partial charge in [0.05, 0.1) is 48.1 Å². The van der Waals surface area contributed by atoms with E-state index in [0.717, 1.165) is 71.9 Å². The van der Waals surface area contributed by atoms with Crippen LogP contribution in [-0.2, 0) is 121 Å². The van der Waals surface area contributed by atoms with Gasteiger partial charge in [-0.3, -0.25) is 10.6 Å². The van der Waals surface area contributed by atoms with E-state index in [0.29, 0.717) is 6.42 Å². The van der Waals surface area contributed by atoms with Crippen molar-refractivity contribution in [1.29, 1.82) is 0 Å². The van der Waals surface area contributed by atoms with Crippen molar-refractivity contribution in [1.82, 2.24) is 0 Å². The van der Waals surface area contributed by atoms with Gasteiger partial charge in [0.2, 0.25) is 0 Å². The fraction of sp³-hybridized carbons (Fsp3) is 0.323. The van der Waals surface area contributed by atoms with Crippen molar-refractivity contribution >= 4 is 83.3 Å². The summed E-state index contributed by atoms with van der Waals surface area (Å²) in [6.07, 6.45) is 6.82. The van der Waals surface area contributed by atoms with E-state index in [9.17, 15) is 57.5 Å². The molecule has 2 aromatic rings. The molecule has 0 unspecified atom stereocenters. The normalized spacial score (nSPS) is 10.8. The minimum Gasteiger partial charge on any atom is -0.462 e. The van der Waals surface area contributed by atoms with Gasteiger partial charge in [0.1, 0.15) is 79.3 Å². The van der Waals surface area contributed by atoms with Crippen LogP contribution in [0.3, 0.4) is 0 Å². The van der Waals surface area contributed by atoms with Gasteiger partial charge in [0.15, 0.2) is 0 Å². The molecule has 0 atom stereocenters. The molecule has 2 rings (SSSR count). The lowest BCUT2D eigenvalue weighted by Gasteiger charge is -2.35. The van der Waals surface area contributed by atoms with E-state index in [2.05, 4.69) is 76.4 Å². The Balaban J connectivity index is 2.35. The Morgan fingerprint density at radius 3 is 0.581 bits per heavy atom. The zero-order valence-corrected chi connectivity index (χ0v) is 51.1. The number of anilines is 2. The van der Waals surface area contributed by atoms with Gasteiger partial charge in [-0.15, -0.1) is 0 Å². The molecule has 0 aliphatic rings. The monoisotopic (exact) mass is 1300 g/mol. The standard InChI is InChI=1S/C65H74N2O26/c1-11-50(68)82-34-62(35-83-51(69)12-2,36-84-52(70)13-3)30-80-32-64(40-88-56(74)17-7,41-89-57(75)18-8)44-92-60(78)66-48-25-21-46(22-26-48)29-47-23-27-49(28-24-47)67-61(79)93-45-65(42-90-58(76)19-9,43-91-59(77)20-10)33-81-31-63(37-85-53(71)14-4,38-86-54(72)15-5)39-87-55(73)16-6/h11-28H,1-10,29-45H2,(H,66,78)(H,67,79). The second-order valence-corrected chi connectivity index (χ2v) is 20.1. The quantitative estimate of drug-likeness (QED) is 0.0459. The van der Waals surface area contributed by atoms with Crippen molar-refractivity contribution < 1.29 is 124 Å². The van der Waals surface area contributed by atoms with Crippen LogP contribution in [0, 0.1) is 21.7 Å². The van der Waals surface area contributed by atoms with E-state index < -0.39 is 199 Å². The summed E-state index contributed by atoms with van der Waals surface area (Å²) in [5.74, 6) is -9.07. The SMILES string of the molecule is C=CC(=O)OCC(COCC(COC(=O)C=C)(COC(=O)C=C)COC(=O)Nc1ccc(Cc2ccc(NC(=O)OCC(COCC(COC(=O)C=C)(COC(=O)C=C)COC(=O)C=C)(COC(=O)C=C)COC(=O)C=C)cc2)cc1)(COC(=O)C=C)COC(=O)C=C. The molecule has 28 nitrogen and oxygen atoms in total. The minimum atomic E-state index is -1.69. The van der Waals surface area contributed by atoms with Crippen LogP contribution < -0.4 is 10.6 Å². The Morgan fingerprint density at radius 1 is 0.258 bits per heavy atom. The number of benzene rings is 2. The summed E-state index contributed by atoms with van der Waals surface area (Å²) in [5.41, 5.74) is -4.60. The maximum atomic E-state index is 13.4. The Bertz CT molecular complexity index is 2680. The lowest BCUT2D eigenvalue weighted by atomic mass is 9.90. The van der Waals surface area contributed by atoms with Crippen LogP contribution in [-0.4, -0.2) is 178 Å². The van der Waals surface area contributed by atoms with Crippen molar-refractivity contribution in [2.45, 2.75) is 6.42 Å². The van der Waals surface area contributed by atoms with Crippen LogP contribution in [0.25, 0.3) is 0 Å². The molecule has 2 aromatic carbocycles. The van der Waals surface area contributed by atoms with Gasteiger partial charge in [-0.2, -0.15) is 0 Å². The van der Waals surface area contributed by atoms with Crippen LogP contribution >= 0.6 is 0 Å². The molecule has 500 valence electrons. The summed E-state index contributed by atoms with van der Waals surface area (Å²) in [7, 11) is 0. The molecular weight excluding hydrogens is 1220 g/mol. The van der Waals surface area contributed by atoms with E-state index in [1.807, 2.05) is 0 Å². The van der Waals surface area contributed by atoms with E-state index in [1.54, 1.807) is 48.5 Å². The zero-order valence-electron chi connectivity index (χ0n) is 51.1. The van der Waals surface area contributed by atoms with Gasteiger partial charge in [-0.05, 0) is 41.8 Å². The molecule has 0 aliphatic heterocycles. The molecule has 28 heteroatoms. The Hall–Kier alpha value is -11.0. The van der Waals surface area contributed by atoms with Gasteiger partial charge in [0, 0.05) is 72.1 Å². The van der Waals surface area contributed by atoms with Crippen molar-refractivity contribution in [3.05, 3.63) is 186 Å². The van der Waals surface area contributed by atoms with Crippen molar-refractivity contribution in [3.8, 4) is 0 Å². The minimum absolute atomic E-state index is 0.257. The maximum Gasteiger partial charge on any atom is 0.411 e. The number of rotatable bonds is 46. The summed E-state index contributed by atoms with van der Waals surface area (Å²) in [5, 5.41) is 5.15. The van der Waals surface area contributed by atoms with Crippen LogP contribution in [0.5, 0.6) is 0 Å². The lowest BCUT2D eigenvalue weighted by Crippen LogP contribution is -2.47. The highest BCUT2D eigenvalue weighted by Gasteiger charge is 2.43. The third-order valence-corrected chi connectivity index (χ3v) is 12.3. The Kier molecular flexibility index (Phi) is 34.7. The fourth-order valence-electron chi connectivity index (χ4n) is 7.19. The second-order valence-electron chi connectivity index (χ2n) is 20.1. The van der Waals surface area contributed by atoms with Crippen molar-refractivity contribution in [2.24, 2.45) is 21.7 Å². The van der Waals surface area contributed by atoms with Crippen LogP contribution in [0.15, 0.2) is 175 Å². The van der Waals surface area contributed by atoms with Gasteiger partial charge in [-0.1, -0.05) is 90.1 Å². The first kappa shape index (κ1) is 78.1. The molecule has 2 N–H and O–H groups in total. The average molecular weight is 1300 g/mol. The molecule has 0 radical (unpaired) electrons. The number of hydrogen-bond donors (Lipinski definition) is 2. The molecule has 0 bridgehead atoms. The zero-order chi connectivity index (χ0) is 69.3. The number of carbonyl (C=O) groups is 12. The summed E-state index contributed by atoms with van der Waals surface area (Å²) in [6, 6.07) is 13.0. The molecule has 93 heavy (non-hydrogen) atoms. The molecular formula is C65H74N2O26. The summed E-state index contributed by atoms with van der Waals surface area (Å²) >= 11 is 0. The average Bonchev–Trinajstić information content (AvgIpc) is 2.91. The van der Waals surface area contributed by atoms with E-state index in [4.69, 9.17) is 66.3 Å². The largest absolute Gasteiger partial charge is 0.462 e. The topological polar surface area (TPSA) is 358 Å². The summed E-state index contributed by atoms with van der Waals surface area (Å²) < 4.78 is 76.1. The van der Waals surface area contributed by atoms with Gasteiger partial charge < -0.3 is 66.3 Å². The van der Waals surface area contributed by atoms with Gasteiger partial charge in [0.25, 0.3) is 0 Å². The number of ether oxygens (including phenoxy) is 14. The first-order chi connectivity index (χ1) is 44.4. The predicted molar refractivity (Wildman–Crippen MR) is 329 cm³/mol. The molecule has 2 amide bonds. The third-order valence-electron chi connectivity index (χ3n) is 12.3. The number of amides is 2. The molecule has 0 fully saturated rings. The molecule has 0 heterocycles. The van der Waals surface area contributed by atoms with Crippen molar-refractivity contribution in [2.75, 3.05) is 116 Å². The smallest absolute Gasteiger partial charge is 0.411 e. The van der Waals surface area contributed by atoms with E-state index in [1.165, 1.54) is 0 Å². The molecule has 0 aliphatic carbocycles. The summed E-state index contributed by atoms with van der Waals surface area (Å²) in [4.78, 5) is 149. The fourth-order valence-corrected chi connectivity index (χ4v) is 7.19. The Labute approximate surface area is 536 Å². The summed E-state index contributed by atoms with van der Waals surface area (Å²) in [6.45, 7) is 24.2. The molecule has 0 saturated heterocycles. The molecule has 0 aromatic heterocycles. The first-order valence-corrected chi connectivity index (χ1v) is 27.5. The van der Waals surface area contributed by atoms with Gasteiger partial charge in [-0.25, -0.2) is 57.5 Å². The predicted octanol–water partition coefficient (Wildman–Crippen LogP) is 5.65. The maximum absolute atomic E-state index is 13.4. The third kappa shape index (κ3) is 30.4. The number of nitrogens with one attached hydrogen (secondary N) is 2. The number of esters is 10. The number of hydrogen-bond acceptors (Lipinski definition) is 26. The number of carbonyl (C=O) groups excluding carboxylic acids is 12. The second kappa shape index (κ2) is 41.3. The highest BCUT2D eigenvalue weighted by molar-refractivity contribution is 5.87. The van der Waals surface area contributed by atoms with E-state index in [-0.39, 0.29) is 11.4 Å². The first-order valence-electron chi connectivity index (χ1n) is 27.5. The highest BCUT2D eigenvalue weighted by atomic mass is 16.6. The highest BCUT2D eigenvalue weighted by Crippen LogP contribution is 2.29. The van der Waals surface area contributed by atoms with Crippen molar-refractivity contribution in [3.63, 3.8) is 0 Å². The van der Waals surface area contributed by atoms with Crippen LogP contribution in [0.4, 0.5) is 21.0 Å². The Morgan fingerprint density at radius 2 is 0.419 bits per heavy atom. The van der Waals surface area contributed by atoms with Crippen LogP contribution in [0.2, 0.25) is 0 Å². The van der Waals surface area contributed by atoms with E-state index >= 15 is 0 Å². The van der Waals surface area contributed by atoms with Gasteiger partial charge >= 0.3 is 71.9 Å². The molecule has 0 spiro atoms. The van der Waals surface area contributed by atoms with Crippen LogP contribution in [0.1, 0.15) is 11.1 Å². The molecule has 0 saturated carbocycles. The lowest BCUT2D eigenvalue weighted by molar-refractivity contribution is -0.170.